The monoisotopic (exact) mass is 384 g/mol. The summed E-state index contributed by atoms with van der Waals surface area (Å²) in [7, 11) is 0. The van der Waals surface area contributed by atoms with Crippen molar-refractivity contribution in [1.82, 2.24) is 10.3 Å². The lowest BCUT2D eigenvalue weighted by atomic mass is 9.96. The van der Waals surface area contributed by atoms with Crippen LogP contribution in [0.15, 0.2) is 36.4 Å². The number of ether oxygens (including phenoxy) is 1. The van der Waals surface area contributed by atoms with E-state index in [0.717, 1.165) is 5.69 Å². The summed E-state index contributed by atoms with van der Waals surface area (Å²) in [5, 5.41) is 7.24. The number of carbonyl (C=O) groups is 1. The van der Waals surface area contributed by atoms with Gasteiger partial charge in [-0.1, -0.05) is 19.3 Å². The molecule has 0 spiro atoms. The van der Waals surface area contributed by atoms with E-state index in [-0.39, 0.29) is 5.69 Å². The highest BCUT2D eigenvalue weighted by molar-refractivity contribution is 7.80. The number of thiocarbonyl (C=S) groups is 1. The van der Waals surface area contributed by atoms with Gasteiger partial charge in [0.2, 0.25) is 0 Å². The molecule has 4 N–H and O–H groups in total. The Morgan fingerprint density at radius 3 is 2.52 bits per heavy atom. The standard InChI is InChI=1S/C20H24N4O2S/c1-13-11-17(12-18(22-13)19(21)25)26-16-9-7-15(8-10-16)24-20(27)23-14-5-3-2-4-6-14/h7-12,14H,2-6H2,1H3,(H2,21,25)(H2,23,24,27). The molecule has 2 aromatic rings. The molecule has 1 heterocycles. The Morgan fingerprint density at radius 1 is 1.15 bits per heavy atom. The van der Waals surface area contributed by atoms with Crippen molar-refractivity contribution in [1.29, 1.82) is 0 Å². The number of aryl methyl sites for hydroxylation is 1. The van der Waals surface area contributed by atoms with Crippen LogP contribution < -0.4 is 21.1 Å². The molecule has 1 aromatic carbocycles. The van der Waals surface area contributed by atoms with E-state index in [0.29, 0.717) is 28.3 Å². The average Bonchev–Trinajstić information content (AvgIpc) is 2.63. The van der Waals surface area contributed by atoms with Crippen LogP contribution in [0.5, 0.6) is 11.5 Å². The van der Waals surface area contributed by atoms with Gasteiger partial charge in [0.05, 0.1) is 0 Å². The number of aromatic nitrogens is 1. The van der Waals surface area contributed by atoms with Crippen LogP contribution in [0.3, 0.4) is 0 Å². The fraction of sp³-hybridized carbons (Fsp3) is 0.350. The summed E-state index contributed by atoms with van der Waals surface area (Å²) in [4.78, 5) is 15.4. The van der Waals surface area contributed by atoms with Crippen LogP contribution in [-0.4, -0.2) is 22.0 Å². The maximum atomic E-state index is 11.3. The minimum Gasteiger partial charge on any atom is -0.457 e. The molecule has 142 valence electrons. The molecule has 27 heavy (non-hydrogen) atoms. The molecule has 1 aromatic heterocycles. The minimum absolute atomic E-state index is 0.183. The highest BCUT2D eigenvalue weighted by Gasteiger charge is 2.14. The average molecular weight is 385 g/mol. The van der Waals surface area contributed by atoms with Crippen molar-refractivity contribution in [3.05, 3.63) is 47.8 Å². The molecular weight excluding hydrogens is 360 g/mol. The summed E-state index contributed by atoms with van der Waals surface area (Å²) in [6.45, 7) is 1.78. The lowest BCUT2D eigenvalue weighted by Gasteiger charge is -2.24. The number of anilines is 1. The number of rotatable bonds is 5. The van der Waals surface area contributed by atoms with Crippen LogP contribution in [0.4, 0.5) is 5.69 Å². The Labute approximate surface area is 164 Å². The molecule has 1 fully saturated rings. The van der Waals surface area contributed by atoms with Crippen LogP contribution in [0.1, 0.15) is 48.3 Å². The van der Waals surface area contributed by atoms with E-state index in [2.05, 4.69) is 15.6 Å². The van der Waals surface area contributed by atoms with Crippen molar-refractivity contribution in [3.63, 3.8) is 0 Å². The molecule has 0 unspecified atom stereocenters. The van der Waals surface area contributed by atoms with Gasteiger partial charge in [-0.3, -0.25) is 4.79 Å². The lowest BCUT2D eigenvalue weighted by Crippen LogP contribution is -2.38. The van der Waals surface area contributed by atoms with E-state index >= 15 is 0 Å². The second-order valence-electron chi connectivity index (χ2n) is 6.75. The summed E-state index contributed by atoms with van der Waals surface area (Å²) in [6.07, 6.45) is 6.19. The van der Waals surface area contributed by atoms with Crippen molar-refractivity contribution in [2.75, 3.05) is 5.32 Å². The molecule has 0 aliphatic heterocycles. The summed E-state index contributed by atoms with van der Waals surface area (Å²) < 4.78 is 5.81. The van der Waals surface area contributed by atoms with Gasteiger partial charge < -0.3 is 21.1 Å². The topological polar surface area (TPSA) is 89.3 Å². The van der Waals surface area contributed by atoms with Crippen molar-refractivity contribution < 1.29 is 9.53 Å². The molecule has 0 bridgehead atoms. The van der Waals surface area contributed by atoms with E-state index in [1.807, 2.05) is 24.3 Å². The Hall–Kier alpha value is -2.67. The van der Waals surface area contributed by atoms with Crippen molar-refractivity contribution in [2.45, 2.75) is 45.1 Å². The van der Waals surface area contributed by atoms with Gasteiger partial charge in [-0.25, -0.2) is 4.98 Å². The Kier molecular flexibility index (Phi) is 6.24. The molecule has 3 rings (SSSR count). The molecule has 1 amide bonds. The van der Waals surface area contributed by atoms with Gasteiger partial charge in [-0.2, -0.15) is 0 Å². The summed E-state index contributed by atoms with van der Waals surface area (Å²) in [5.41, 5.74) is 7.03. The van der Waals surface area contributed by atoms with E-state index in [4.69, 9.17) is 22.7 Å². The third-order valence-electron chi connectivity index (χ3n) is 4.47. The van der Waals surface area contributed by atoms with E-state index in [1.165, 1.54) is 38.2 Å². The second-order valence-corrected chi connectivity index (χ2v) is 7.16. The predicted molar refractivity (Wildman–Crippen MR) is 110 cm³/mol. The van der Waals surface area contributed by atoms with E-state index < -0.39 is 5.91 Å². The SMILES string of the molecule is Cc1cc(Oc2ccc(NC(=S)NC3CCCCC3)cc2)cc(C(N)=O)n1. The summed E-state index contributed by atoms with van der Waals surface area (Å²) >= 11 is 5.40. The number of nitrogens with one attached hydrogen (secondary N) is 2. The van der Waals surface area contributed by atoms with Gasteiger partial charge in [-0.15, -0.1) is 0 Å². The number of hydrogen-bond acceptors (Lipinski definition) is 4. The number of hydrogen-bond donors (Lipinski definition) is 3. The summed E-state index contributed by atoms with van der Waals surface area (Å²) in [5.74, 6) is 0.585. The first-order valence-electron chi connectivity index (χ1n) is 9.13. The zero-order chi connectivity index (χ0) is 19.2. The molecule has 1 aliphatic carbocycles. The zero-order valence-corrected chi connectivity index (χ0v) is 16.1. The normalized spacial score (nSPS) is 14.4. The minimum atomic E-state index is -0.581. The molecule has 1 aliphatic rings. The molecule has 7 heteroatoms. The van der Waals surface area contributed by atoms with Gasteiger partial charge in [0.1, 0.15) is 17.2 Å². The smallest absolute Gasteiger partial charge is 0.267 e. The van der Waals surface area contributed by atoms with Crippen molar-refractivity contribution in [2.24, 2.45) is 5.73 Å². The van der Waals surface area contributed by atoms with E-state index in [9.17, 15) is 4.79 Å². The fourth-order valence-electron chi connectivity index (χ4n) is 3.16. The quantitative estimate of drug-likeness (QED) is 0.678. The van der Waals surface area contributed by atoms with Gasteiger partial charge in [0, 0.05) is 29.6 Å². The summed E-state index contributed by atoms with van der Waals surface area (Å²) in [6, 6.07) is 11.2. The number of amides is 1. The fourth-order valence-corrected chi connectivity index (χ4v) is 3.45. The predicted octanol–water partition coefficient (Wildman–Crippen LogP) is 3.90. The third-order valence-corrected chi connectivity index (χ3v) is 4.69. The largest absolute Gasteiger partial charge is 0.457 e. The highest BCUT2D eigenvalue weighted by Crippen LogP contribution is 2.24. The molecule has 0 radical (unpaired) electrons. The zero-order valence-electron chi connectivity index (χ0n) is 15.3. The second kappa shape index (κ2) is 8.81. The number of nitrogens with two attached hydrogens (primary N) is 1. The van der Waals surface area contributed by atoms with Gasteiger partial charge in [-0.05, 0) is 56.2 Å². The van der Waals surface area contributed by atoms with Crippen LogP contribution in [-0.2, 0) is 0 Å². The highest BCUT2D eigenvalue weighted by atomic mass is 32.1. The van der Waals surface area contributed by atoms with Crippen LogP contribution in [0, 0.1) is 6.92 Å². The number of nitrogens with zero attached hydrogens (tertiary/aromatic N) is 1. The maximum Gasteiger partial charge on any atom is 0.267 e. The lowest BCUT2D eigenvalue weighted by molar-refractivity contribution is 0.0995. The Morgan fingerprint density at radius 2 is 1.85 bits per heavy atom. The van der Waals surface area contributed by atoms with Gasteiger partial charge in [0.15, 0.2) is 5.11 Å². The number of carbonyl (C=O) groups excluding carboxylic acids is 1. The first-order valence-corrected chi connectivity index (χ1v) is 9.54. The van der Waals surface area contributed by atoms with Crippen LogP contribution in [0.25, 0.3) is 0 Å². The molecule has 1 saturated carbocycles. The van der Waals surface area contributed by atoms with Gasteiger partial charge >= 0.3 is 0 Å². The van der Waals surface area contributed by atoms with Crippen molar-refractivity contribution >= 4 is 28.9 Å². The third kappa shape index (κ3) is 5.65. The Balaban J connectivity index is 1.58. The first kappa shape index (κ1) is 19.1. The van der Waals surface area contributed by atoms with Crippen molar-refractivity contribution in [3.8, 4) is 11.5 Å². The first-order chi connectivity index (χ1) is 13.0. The molecule has 0 atom stereocenters. The molecular formula is C20H24N4O2S. The van der Waals surface area contributed by atoms with Crippen LogP contribution in [0.2, 0.25) is 0 Å². The number of primary amides is 1. The van der Waals surface area contributed by atoms with Crippen LogP contribution >= 0.6 is 12.2 Å². The number of pyridine rings is 1. The van der Waals surface area contributed by atoms with E-state index in [1.54, 1.807) is 13.0 Å². The Bertz CT molecular complexity index is 817. The molecule has 0 saturated heterocycles. The maximum absolute atomic E-state index is 11.3. The number of benzene rings is 1. The molecule has 6 nitrogen and oxygen atoms in total. The van der Waals surface area contributed by atoms with Gasteiger partial charge in [0.25, 0.3) is 5.91 Å².